The van der Waals surface area contributed by atoms with E-state index in [1.807, 2.05) is 4.57 Å². The van der Waals surface area contributed by atoms with E-state index in [0.717, 1.165) is 18.4 Å². The number of hydrogen-bond acceptors (Lipinski definition) is 5. The molecule has 0 bridgehead atoms. The van der Waals surface area contributed by atoms with Crippen LogP contribution in [0.25, 0.3) is 11.0 Å². The molecule has 4 N–H and O–H groups in total. The standard InChI is InChI=1S/C17H21Cl2N3O3/c18-10-5-12-13(6-11(10)19)22(17(21-12)20-9-2-1-3-9)14-4-8(7-23)15(24)16(14)25/h5-6,8-9,14-16,23-25H,1-4,7H2,(H,20,21)/t8-,14-,15-,16+/m0/s1. The Bertz CT molecular complexity index is 793. The predicted octanol–water partition coefficient (Wildman–Crippen LogP) is 2.58. The fourth-order valence-corrected chi connectivity index (χ4v) is 4.12. The van der Waals surface area contributed by atoms with E-state index in [0.29, 0.717) is 34.0 Å². The summed E-state index contributed by atoms with van der Waals surface area (Å²) in [5, 5.41) is 34.5. The molecule has 2 aromatic rings. The lowest BCUT2D eigenvalue weighted by molar-refractivity contribution is -0.00347. The Morgan fingerprint density at radius 1 is 1.16 bits per heavy atom. The monoisotopic (exact) mass is 385 g/mol. The SMILES string of the molecule is OC[C@@H]1C[C@H](n2c(NC3CCC3)nc3cc(Cl)c(Cl)cc32)[C@@H](O)[C@H]1O. The number of benzene rings is 1. The molecule has 0 spiro atoms. The van der Waals surface area contributed by atoms with Gasteiger partial charge in [0.2, 0.25) is 5.95 Å². The Labute approximate surface area is 155 Å². The third-order valence-corrected chi connectivity index (χ3v) is 6.23. The fourth-order valence-electron chi connectivity index (χ4n) is 3.80. The van der Waals surface area contributed by atoms with Crippen LogP contribution in [-0.4, -0.2) is 49.7 Å². The maximum Gasteiger partial charge on any atom is 0.204 e. The van der Waals surface area contributed by atoms with Crippen molar-refractivity contribution in [3.05, 3.63) is 22.2 Å². The summed E-state index contributed by atoms with van der Waals surface area (Å²) in [6, 6.07) is 3.42. The van der Waals surface area contributed by atoms with Crippen LogP contribution >= 0.6 is 23.2 Å². The maximum atomic E-state index is 10.5. The molecule has 8 heteroatoms. The zero-order valence-electron chi connectivity index (χ0n) is 13.6. The molecule has 4 atom stereocenters. The van der Waals surface area contributed by atoms with Crippen LogP contribution in [0.4, 0.5) is 5.95 Å². The summed E-state index contributed by atoms with van der Waals surface area (Å²) < 4.78 is 1.90. The van der Waals surface area contributed by atoms with Crippen molar-refractivity contribution in [2.75, 3.05) is 11.9 Å². The highest BCUT2D eigenvalue weighted by Gasteiger charge is 2.43. The van der Waals surface area contributed by atoms with Gasteiger partial charge in [-0.25, -0.2) is 4.98 Å². The first-order valence-corrected chi connectivity index (χ1v) is 9.35. The van der Waals surface area contributed by atoms with Gasteiger partial charge < -0.3 is 25.2 Å². The number of aromatic nitrogens is 2. The van der Waals surface area contributed by atoms with Gasteiger partial charge in [-0.1, -0.05) is 23.2 Å². The minimum atomic E-state index is -0.981. The third kappa shape index (κ3) is 2.90. The summed E-state index contributed by atoms with van der Waals surface area (Å²) in [6.07, 6.45) is 1.87. The molecule has 1 aromatic heterocycles. The number of aliphatic hydroxyl groups excluding tert-OH is 3. The van der Waals surface area contributed by atoms with Gasteiger partial charge in [0.15, 0.2) is 0 Å². The van der Waals surface area contributed by atoms with Crippen molar-refractivity contribution < 1.29 is 15.3 Å². The molecule has 136 valence electrons. The van der Waals surface area contributed by atoms with Crippen LogP contribution in [0.2, 0.25) is 10.0 Å². The highest BCUT2D eigenvalue weighted by molar-refractivity contribution is 6.42. The van der Waals surface area contributed by atoms with Crippen molar-refractivity contribution in [2.45, 2.75) is 50.0 Å². The predicted molar refractivity (Wildman–Crippen MR) is 97.3 cm³/mol. The average Bonchev–Trinajstić information content (AvgIpc) is 3.02. The second-order valence-corrected chi connectivity index (χ2v) is 7.87. The van der Waals surface area contributed by atoms with E-state index in [1.165, 1.54) is 6.42 Å². The summed E-state index contributed by atoms with van der Waals surface area (Å²) in [5.41, 5.74) is 1.44. The van der Waals surface area contributed by atoms with E-state index < -0.39 is 18.2 Å². The molecule has 1 aromatic carbocycles. The van der Waals surface area contributed by atoms with Crippen molar-refractivity contribution >= 4 is 40.2 Å². The van der Waals surface area contributed by atoms with Crippen LogP contribution in [0, 0.1) is 5.92 Å². The van der Waals surface area contributed by atoms with E-state index >= 15 is 0 Å². The summed E-state index contributed by atoms with van der Waals surface area (Å²) in [7, 11) is 0. The quantitative estimate of drug-likeness (QED) is 0.649. The molecule has 25 heavy (non-hydrogen) atoms. The molecule has 2 fully saturated rings. The van der Waals surface area contributed by atoms with Gasteiger partial charge in [0.25, 0.3) is 0 Å². The van der Waals surface area contributed by atoms with Gasteiger partial charge in [-0.05, 0) is 37.8 Å². The number of fused-ring (bicyclic) bond motifs is 1. The normalized spacial score (nSPS) is 30.0. The van der Waals surface area contributed by atoms with E-state index in [1.54, 1.807) is 12.1 Å². The first-order valence-electron chi connectivity index (χ1n) is 8.60. The van der Waals surface area contributed by atoms with Gasteiger partial charge in [0, 0.05) is 18.6 Å². The van der Waals surface area contributed by atoms with E-state index in [9.17, 15) is 15.3 Å². The van der Waals surface area contributed by atoms with E-state index in [4.69, 9.17) is 23.2 Å². The largest absolute Gasteiger partial charge is 0.396 e. The van der Waals surface area contributed by atoms with Crippen molar-refractivity contribution in [3.63, 3.8) is 0 Å². The Hall–Kier alpha value is -1.05. The molecule has 1 heterocycles. The minimum Gasteiger partial charge on any atom is -0.396 e. The lowest BCUT2D eigenvalue weighted by Crippen LogP contribution is -2.32. The zero-order chi connectivity index (χ0) is 17.7. The molecule has 2 aliphatic rings. The average molecular weight is 386 g/mol. The molecular weight excluding hydrogens is 365 g/mol. The maximum absolute atomic E-state index is 10.5. The summed E-state index contributed by atoms with van der Waals surface area (Å²) >= 11 is 12.3. The second-order valence-electron chi connectivity index (χ2n) is 7.06. The number of imidazole rings is 1. The second kappa shape index (κ2) is 6.59. The van der Waals surface area contributed by atoms with Gasteiger partial charge in [-0.3, -0.25) is 0 Å². The van der Waals surface area contributed by atoms with Gasteiger partial charge in [-0.2, -0.15) is 0 Å². The smallest absolute Gasteiger partial charge is 0.204 e. The lowest BCUT2D eigenvalue weighted by atomic mass is 9.93. The molecule has 6 nitrogen and oxygen atoms in total. The molecular formula is C17H21Cl2N3O3. The third-order valence-electron chi connectivity index (χ3n) is 5.51. The van der Waals surface area contributed by atoms with Crippen LogP contribution in [0.15, 0.2) is 12.1 Å². The molecule has 2 aliphatic carbocycles. The van der Waals surface area contributed by atoms with E-state index in [2.05, 4.69) is 10.3 Å². The number of hydrogen-bond donors (Lipinski definition) is 4. The fraction of sp³-hybridized carbons (Fsp3) is 0.588. The lowest BCUT2D eigenvalue weighted by Gasteiger charge is -2.29. The van der Waals surface area contributed by atoms with Crippen LogP contribution in [-0.2, 0) is 0 Å². The van der Waals surface area contributed by atoms with Crippen molar-refractivity contribution in [1.29, 1.82) is 0 Å². The number of halogens is 2. The first kappa shape index (κ1) is 17.4. The Morgan fingerprint density at radius 2 is 1.88 bits per heavy atom. The highest BCUT2D eigenvalue weighted by Crippen LogP contribution is 2.41. The molecule has 0 saturated heterocycles. The van der Waals surface area contributed by atoms with Crippen LogP contribution in [0.1, 0.15) is 31.7 Å². The van der Waals surface area contributed by atoms with Crippen LogP contribution < -0.4 is 5.32 Å². The topological polar surface area (TPSA) is 90.5 Å². The van der Waals surface area contributed by atoms with Crippen LogP contribution in [0.3, 0.4) is 0 Å². The summed E-state index contributed by atoms with van der Waals surface area (Å²) in [6.45, 7) is -0.167. The van der Waals surface area contributed by atoms with Gasteiger partial charge in [0.05, 0.1) is 33.2 Å². The number of aliphatic hydroxyl groups is 3. The van der Waals surface area contributed by atoms with Gasteiger partial charge >= 0.3 is 0 Å². The van der Waals surface area contributed by atoms with Crippen molar-refractivity contribution in [1.82, 2.24) is 9.55 Å². The summed E-state index contributed by atoms with van der Waals surface area (Å²) in [5.74, 6) is 0.282. The minimum absolute atomic E-state index is 0.167. The number of nitrogens with zero attached hydrogens (tertiary/aromatic N) is 2. The molecule has 4 rings (SSSR count). The number of rotatable bonds is 4. The van der Waals surface area contributed by atoms with Gasteiger partial charge in [-0.15, -0.1) is 0 Å². The van der Waals surface area contributed by atoms with Crippen LogP contribution in [0.5, 0.6) is 0 Å². The molecule has 0 unspecified atom stereocenters. The molecule has 0 radical (unpaired) electrons. The summed E-state index contributed by atoms with van der Waals surface area (Å²) in [4.78, 5) is 4.64. The number of nitrogens with one attached hydrogen (secondary N) is 1. The van der Waals surface area contributed by atoms with E-state index in [-0.39, 0.29) is 12.5 Å². The zero-order valence-corrected chi connectivity index (χ0v) is 15.1. The molecule has 0 amide bonds. The Morgan fingerprint density at radius 3 is 2.48 bits per heavy atom. The first-order chi connectivity index (χ1) is 12.0. The molecule has 2 saturated carbocycles. The Kier molecular flexibility index (Phi) is 4.58. The highest BCUT2D eigenvalue weighted by atomic mass is 35.5. The van der Waals surface area contributed by atoms with Crippen molar-refractivity contribution in [2.24, 2.45) is 5.92 Å². The number of anilines is 1. The van der Waals surface area contributed by atoms with Gasteiger partial charge in [0.1, 0.15) is 6.10 Å². The Balaban J connectivity index is 1.81. The van der Waals surface area contributed by atoms with Crippen molar-refractivity contribution in [3.8, 4) is 0 Å². The molecule has 0 aliphatic heterocycles.